The normalized spacial score (nSPS) is 11.1. The van der Waals surface area contributed by atoms with Crippen LogP contribution in [0.3, 0.4) is 0 Å². The summed E-state index contributed by atoms with van der Waals surface area (Å²) in [5.41, 5.74) is 5.36. The first-order chi connectivity index (χ1) is 17.2. The van der Waals surface area contributed by atoms with E-state index in [-0.39, 0.29) is 19.1 Å². The molecule has 0 aliphatic carbocycles. The van der Waals surface area contributed by atoms with E-state index in [1.807, 2.05) is 18.3 Å². The number of ether oxygens (including phenoxy) is 2. The maximum Gasteiger partial charge on any atom is 0.0637 e. The number of methoxy groups -OCH3 is 2. The summed E-state index contributed by atoms with van der Waals surface area (Å²) in [6.07, 6.45) is 1.83. The molecule has 0 saturated heterocycles. The molecule has 2 aromatic carbocycles. The zero-order valence-corrected chi connectivity index (χ0v) is 20.7. The molecular formula is C28H37N3O4. The summed E-state index contributed by atoms with van der Waals surface area (Å²) in [6.45, 7) is 3.93. The van der Waals surface area contributed by atoms with Gasteiger partial charge >= 0.3 is 0 Å². The number of rotatable bonds is 15. The van der Waals surface area contributed by atoms with Crippen molar-refractivity contribution in [2.75, 3.05) is 76.6 Å². The second kappa shape index (κ2) is 14.4. The van der Waals surface area contributed by atoms with Gasteiger partial charge in [0.25, 0.3) is 0 Å². The minimum atomic E-state index is -0.0187. The molecular weight excluding hydrogens is 442 g/mol. The van der Waals surface area contributed by atoms with Gasteiger partial charge in [-0.25, -0.2) is 0 Å². The van der Waals surface area contributed by atoms with E-state index in [0.717, 1.165) is 41.3 Å². The van der Waals surface area contributed by atoms with Crippen molar-refractivity contribution in [3.63, 3.8) is 0 Å². The van der Waals surface area contributed by atoms with E-state index in [9.17, 15) is 10.2 Å². The molecule has 0 unspecified atom stereocenters. The fraction of sp³-hybridized carbons (Fsp3) is 0.393. The van der Waals surface area contributed by atoms with Gasteiger partial charge in [-0.1, -0.05) is 30.3 Å². The van der Waals surface area contributed by atoms with Gasteiger partial charge in [-0.05, 0) is 47.5 Å². The van der Waals surface area contributed by atoms with Gasteiger partial charge < -0.3 is 29.5 Å². The highest BCUT2D eigenvalue weighted by Gasteiger charge is 2.19. The third kappa shape index (κ3) is 7.50. The Morgan fingerprint density at radius 1 is 0.686 bits per heavy atom. The molecule has 7 heteroatoms. The highest BCUT2D eigenvalue weighted by molar-refractivity contribution is 5.53. The summed E-state index contributed by atoms with van der Waals surface area (Å²) in [6, 6.07) is 22.9. The summed E-state index contributed by atoms with van der Waals surface area (Å²) >= 11 is 0. The van der Waals surface area contributed by atoms with Crippen molar-refractivity contribution in [2.24, 2.45) is 0 Å². The summed E-state index contributed by atoms with van der Waals surface area (Å²) in [5.74, 6) is -0.0187. The molecule has 0 aliphatic heterocycles. The number of hydrogen-bond donors (Lipinski definition) is 2. The average molecular weight is 480 g/mol. The standard InChI is InChI=1S/C28H37N3O4/c1-34-21-17-30(15-19-32)25-10-6-23(7-11-25)28(27-5-3-4-14-29-27)24-8-12-26(13-9-24)31(16-20-33)18-22-35-2/h3-14,28,32-33H,15-22H2,1-2H3. The maximum atomic E-state index is 9.47. The highest BCUT2D eigenvalue weighted by Crippen LogP contribution is 2.33. The van der Waals surface area contributed by atoms with Gasteiger partial charge in [0, 0.05) is 58.0 Å². The second-order valence-corrected chi connectivity index (χ2v) is 8.28. The third-order valence-electron chi connectivity index (χ3n) is 6.04. The Balaban J connectivity index is 1.90. The van der Waals surface area contributed by atoms with Crippen molar-refractivity contribution >= 4 is 11.4 Å². The quantitative estimate of drug-likeness (QED) is 0.347. The average Bonchev–Trinajstić information content (AvgIpc) is 2.91. The van der Waals surface area contributed by atoms with Gasteiger partial charge in [0.05, 0.1) is 38.0 Å². The Morgan fingerprint density at radius 3 is 1.54 bits per heavy atom. The molecule has 0 fully saturated rings. The molecule has 3 rings (SSSR count). The number of nitrogens with zero attached hydrogens (tertiary/aromatic N) is 3. The lowest BCUT2D eigenvalue weighted by molar-refractivity contribution is 0.202. The van der Waals surface area contributed by atoms with Crippen LogP contribution in [0.4, 0.5) is 11.4 Å². The summed E-state index contributed by atoms with van der Waals surface area (Å²) in [5, 5.41) is 18.9. The molecule has 0 amide bonds. The molecule has 35 heavy (non-hydrogen) atoms. The van der Waals surface area contributed by atoms with Crippen molar-refractivity contribution < 1.29 is 19.7 Å². The molecule has 0 radical (unpaired) electrons. The summed E-state index contributed by atoms with van der Waals surface area (Å²) < 4.78 is 10.5. The van der Waals surface area contributed by atoms with Crippen LogP contribution in [-0.2, 0) is 9.47 Å². The van der Waals surface area contributed by atoms with E-state index in [2.05, 4.69) is 69.4 Å². The molecule has 1 heterocycles. The first kappa shape index (κ1) is 26.6. The Labute approximate surface area is 208 Å². The minimum absolute atomic E-state index is 0.0187. The van der Waals surface area contributed by atoms with Crippen LogP contribution in [0.2, 0.25) is 0 Å². The van der Waals surface area contributed by atoms with Crippen LogP contribution < -0.4 is 9.80 Å². The van der Waals surface area contributed by atoms with Crippen LogP contribution >= 0.6 is 0 Å². The zero-order valence-electron chi connectivity index (χ0n) is 20.7. The molecule has 188 valence electrons. The Bertz CT molecular complexity index is 906. The fourth-order valence-corrected chi connectivity index (χ4v) is 4.22. The first-order valence-electron chi connectivity index (χ1n) is 12.0. The number of anilines is 2. The smallest absolute Gasteiger partial charge is 0.0637 e. The van der Waals surface area contributed by atoms with E-state index in [1.165, 1.54) is 0 Å². The number of aromatic nitrogens is 1. The molecule has 3 aromatic rings. The molecule has 0 bridgehead atoms. The van der Waals surface area contributed by atoms with Gasteiger partial charge in [0.2, 0.25) is 0 Å². The Hall–Kier alpha value is -2.97. The summed E-state index contributed by atoms with van der Waals surface area (Å²) in [7, 11) is 3.37. The van der Waals surface area contributed by atoms with Crippen molar-refractivity contribution in [3.8, 4) is 0 Å². The number of aliphatic hydroxyl groups is 2. The topological polar surface area (TPSA) is 78.3 Å². The van der Waals surface area contributed by atoms with Crippen LogP contribution in [0.5, 0.6) is 0 Å². The molecule has 0 spiro atoms. The Morgan fingerprint density at radius 2 is 1.17 bits per heavy atom. The predicted molar refractivity (Wildman–Crippen MR) is 140 cm³/mol. The third-order valence-corrected chi connectivity index (χ3v) is 6.04. The fourth-order valence-electron chi connectivity index (χ4n) is 4.22. The van der Waals surface area contributed by atoms with Crippen LogP contribution in [-0.4, -0.2) is 82.0 Å². The van der Waals surface area contributed by atoms with Crippen LogP contribution in [0, 0.1) is 0 Å². The number of benzene rings is 2. The van der Waals surface area contributed by atoms with E-state index >= 15 is 0 Å². The lowest BCUT2D eigenvalue weighted by Gasteiger charge is -2.26. The zero-order chi connectivity index (χ0) is 24.9. The molecule has 0 aliphatic rings. The van der Waals surface area contributed by atoms with Crippen molar-refractivity contribution in [3.05, 3.63) is 89.7 Å². The van der Waals surface area contributed by atoms with Gasteiger partial charge in [-0.3, -0.25) is 4.98 Å². The van der Waals surface area contributed by atoms with E-state index < -0.39 is 0 Å². The van der Waals surface area contributed by atoms with Crippen molar-refractivity contribution in [2.45, 2.75) is 5.92 Å². The van der Waals surface area contributed by atoms with Gasteiger partial charge in [-0.2, -0.15) is 0 Å². The maximum absolute atomic E-state index is 9.47. The molecule has 2 N–H and O–H groups in total. The SMILES string of the molecule is COCCN(CCO)c1ccc(C(c2ccc(N(CCO)CCOC)cc2)c2ccccn2)cc1. The lowest BCUT2D eigenvalue weighted by Crippen LogP contribution is -2.30. The Kier molecular flexibility index (Phi) is 11.0. The van der Waals surface area contributed by atoms with Crippen molar-refractivity contribution in [1.29, 1.82) is 0 Å². The van der Waals surface area contributed by atoms with Crippen LogP contribution in [0.25, 0.3) is 0 Å². The largest absolute Gasteiger partial charge is 0.395 e. The lowest BCUT2D eigenvalue weighted by atomic mass is 9.88. The first-order valence-corrected chi connectivity index (χ1v) is 12.0. The van der Waals surface area contributed by atoms with Gasteiger partial charge in [-0.15, -0.1) is 0 Å². The van der Waals surface area contributed by atoms with Gasteiger partial charge in [0.1, 0.15) is 0 Å². The van der Waals surface area contributed by atoms with Crippen molar-refractivity contribution in [1.82, 2.24) is 4.98 Å². The molecule has 1 aromatic heterocycles. The number of hydrogen-bond acceptors (Lipinski definition) is 7. The van der Waals surface area contributed by atoms with Crippen LogP contribution in [0.15, 0.2) is 72.9 Å². The minimum Gasteiger partial charge on any atom is -0.395 e. The second-order valence-electron chi connectivity index (χ2n) is 8.28. The molecule has 0 saturated carbocycles. The number of aliphatic hydroxyl groups excluding tert-OH is 2. The molecule has 0 atom stereocenters. The highest BCUT2D eigenvalue weighted by atomic mass is 16.5. The molecule has 7 nitrogen and oxygen atoms in total. The van der Waals surface area contributed by atoms with E-state index in [1.54, 1.807) is 14.2 Å². The monoisotopic (exact) mass is 479 g/mol. The predicted octanol–water partition coefficient (Wildman–Crippen LogP) is 3.15. The van der Waals surface area contributed by atoms with Crippen LogP contribution in [0.1, 0.15) is 22.7 Å². The summed E-state index contributed by atoms with van der Waals surface area (Å²) in [4.78, 5) is 8.90. The van der Waals surface area contributed by atoms with E-state index in [0.29, 0.717) is 26.3 Å². The number of pyridine rings is 1. The van der Waals surface area contributed by atoms with Gasteiger partial charge in [0.15, 0.2) is 0 Å². The van der Waals surface area contributed by atoms with E-state index in [4.69, 9.17) is 9.47 Å².